The lowest BCUT2D eigenvalue weighted by Crippen LogP contribution is -2.67. The third-order valence-corrected chi connectivity index (χ3v) is 13.9. The van der Waals surface area contributed by atoms with Gasteiger partial charge in [0.2, 0.25) is 0 Å². The van der Waals surface area contributed by atoms with Crippen molar-refractivity contribution in [1.29, 1.82) is 0 Å². The van der Waals surface area contributed by atoms with Crippen LogP contribution < -0.4 is 0 Å². The van der Waals surface area contributed by atoms with Gasteiger partial charge in [0.25, 0.3) is 0 Å². The Morgan fingerprint density at radius 3 is 1.41 bits per heavy atom. The molecule has 0 bridgehead atoms. The largest absolute Gasteiger partial charge is 0.472 e. The maximum Gasteiger partial charge on any atom is 0.472 e. The SMILES string of the molecule is CCCCCCC=CCCCCCCCCCC(=O)OCC(COP(=O)(O)OC1C(O)C(O)C(O)C(O)C1OC1OC(CO)C(O)C(O)C1O)OC(=O)CCCCCCCCCC=CCCCCCC. The van der Waals surface area contributed by atoms with Gasteiger partial charge in [-0.15, -0.1) is 0 Å². The first-order chi connectivity index (χ1) is 33.7. The minimum Gasteiger partial charge on any atom is -0.462 e. The number of carbonyl (C=O) groups excluding carboxylic acids is 2. The fourth-order valence-electron chi connectivity index (χ4n) is 8.46. The molecule has 0 spiro atoms. The highest BCUT2D eigenvalue weighted by molar-refractivity contribution is 7.47. The van der Waals surface area contributed by atoms with Gasteiger partial charge in [-0.2, -0.15) is 0 Å². The molecule has 9 N–H and O–H groups in total. The van der Waals surface area contributed by atoms with Gasteiger partial charge in [-0.05, 0) is 64.2 Å². The maximum atomic E-state index is 13.4. The molecule has 1 saturated heterocycles. The van der Waals surface area contributed by atoms with Gasteiger partial charge in [-0.25, -0.2) is 4.57 Å². The molecule has 1 aliphatic carbocycles. The van der Waals surface area contributed by atoms with Crippen LogP contribution in [0.3, 0.4) is 0 Å². The minimum atomic E-state index is -5.38. The van der Waals surface area contributed by atoms with Gasteiger partial charge >= 0.3 is 19.8 Å². The molecule has 0 aromatic rings. The second-order valence-corrected chi connectivity index (χ2v) is 20.5. The van der Waals surface area contributed by atoms with Crippen LogP contribution in [-0.4, -0.2) is 151 Å². The number of phosphoric acid groups is 1. The number of hydrogen-bond acceptors (Lipinski definition) is 17. The lowest BCUT2D eigenvalue weighted by molar-refractivity contribution is -0.338. The fourth-order valence-corrected chi connectivity index (χ4v) is 9.42. The Bertz CT molecular complexity index is 1450. The van der Waals surface area contributed by atoms with Gasteiger partial charge in [0.05, 0.1) is 13.2 Å². The topological polar surface area (TPSA) is 289 Å². The molecule has 410 valence electrons. The van der Waals surface area contributed by atoms with E-state index >= 15 is 0 Å². The minimum absolute atomic E-state index is 0.0277. The van der Waals surface area contributed by atoms with Crippen molar-refractivity contribution in [2.24, 2.45) is 0 Å². The maximum absolute atomic E-state index is 13.4. The highest BCUT2D eigenvalue weighted by Crippen LogP contribution is 2.48. The standard InChI is InChI=1S/C51H93O18P/c1-3-5-7-9-11-13-15-17-19-21-23-25-27-29-31-33-40(53)64-36-38(66-41(54)34-32-30-28-26-24-22-20-18-16-14-12-10-8-6-4-2)37-65-70(62,63)69-50-47(60)45(58)44(57)46(59)49(50)68-51-48(61)43(56)42(55)39(35-52)67-51/h13-16,38-39,42-52,55-61H,3-12,17-37H2,1-2H3,(H,62,63). The van der Waals surface area contributed by atoms with Crippen molar-refractivity contribution in [3.05, 3.63) is 24.3 Å². The van der Waals surface area contributed by atoms with Gasteiger partial charge in [0.15, 0.2) is 12.4 Å². The first-order valence-corrected chi connectivity index (χ1v) is 28.2. The van der Waals surface area contributed by atoms with Gasteiger partial charge in [0, 0.05) is 12.8 Å². The lowest BCUT2D eigenvalue weighted by atomic mass is 9.84. The summed E-state index contributed by atoms with van der Waals surface area (Å²) in [7, 11) is -5.38. The molecule has 2 fully saturated rings. The number of allylic oxidation sites excluding steroid dienone is 4. The van der Waals surface area contributed by atoms with E-state index < -0.39 is 113 Å². The summed E-state index contributed by atoms with van der Waals surface area (Å²) in [5.74, 6) is -1.22. The summed E-state index contributed by atoms with van der Waals surface area (Å²) >= 11 is 0. The highest BCUT2D eigenvalue weighted by atomic mass is 31.2. The van der Waals surface area contributed by atoms with E-state index in [9.17, 15) is 59.9 Å². The summed E-state index contributed by atoms with van der Waals surface area (Å²) in [6.45, 7) is 2.21. The first-order valence-electron chi connectivity index (χ1n) is 26.7. The van der Waals surface area contributed by atoms with Crippen LogP contribution in [0.1, 0.15) is 194 Å². The van der Waals surface area contributed by atoms with E-state index in [0.717, 1.165) is 103 Å². The number of esters is 2. The number of carbonyl (C=O) groups is 2. The third-order valence-electron chi connectivity index (χ3n) is 12.9. The Morgan fingerprint density at radius 1 is 0.529 bits per heavy atom. The summed E-state index contributed by atoms with van der Waals surface area (Å²) in [6.07, 6.45) is 13.9. The van der Waals surface area contributed by atoms with Crippen LogP contribution in [0.4, 0.5) is 0 Å². The second kappa shape index (κ2) is 38.7. The molecule has 0 aromatic carbocycles. The van der Waals surface area contributed by atoms with Crippen molar-refractivity contribution in [1.82, 2.24) is 0 Å². The van der Waals surface area contributed by atoms with Crippen LogP contribution in [0, 0.1) is 0 Å². The molecular weight excluding hydrogens is 932 g/mol. The van der Waals surface area contributed by atoms with E-state index in [1.807, 2.05) is 0 Å². The van der Waals surface area contributed by atoms with Crippen molar-refractivity contribution in [3.8, 4) is 0 Å². The molecule has 13 unspecified atom stereocenters. The number of rotatable bonds is 41. The molecule has 1 aliphatic heterocycles. The fraction of sp³-hybridized carbons (Fsp3) is 0.882. The van der Waals surface area contributed by atoms with Crippen LogP contribution in [0.15, 0.2) is 24.3 Å². The molecule has 0 aromatic heterocycles. The zero-order valence-corrected chi connectivity index (χ0v) is 43.2. The zero-order chi connectivity index (χ0) is 51.6. The van der Waals surface area contributed by atoms with E-state index in [-0.39, 0.29) is 12.8 Å². The molecule has 1 saturated carbocycles. The average Bonchev–Trinajstić information content (AvgIpc) is 3.34. The predicted molar refractivity (Wildman–Crippen MR) is 263 cm³/mol. The number of aliphatic hydroxyl groups is 8. The van der Waals surface area contributed by atoms with E-state index in [1.165, 1.54) is 51.4 Å². The van der Waals surface area contributed by atoms with Gasteiger partial charge in [-0.1, -0.05) is 141 Å². The smallest absolute Gasteiger partial charge is 0.462 e. The van der Waals surface area contributed by atoms with Crippen molar-refractivity contribution < 1.29 is 87.9 Å². The molecule has 70 heavy (non-hydrogen) atoms. The van der Waals surface area contributed by atoms with E-state index in [0.29, 0.717) is 12.8 Å². The average molecular weight is 1030 g/mol. The Labute approximate surface area is 417 Å². The molecular formula is C51H93O18P. The summed E-state index contributed by atoms with van der Waals surface area (Å²) in [6, 6.07) is 0. The van der Waals surface area contributed by atoms with Gasteiger partial charge < -0.3 is 64.7 Å². The predicted octanol–water partition coefficient (Wildman–Crippen LogP) is 6.66. The lowest BCUT2D eigenvalue weighted by Gasteiger charge is -2.47. The summed E-state index contributed by atoms with van der Waals surface area (Å²) in [5.41, 5.74) is 0. The van der Waals surface area contributed by atoms with Crippen molar-refractivity contribution >= 4 is 19.8 Å². The van der Waals surface area contributed by atoms with Gasteiger partial charge in [-0.3, -0.25) is 18.6 Å². The second-order valence-electron chi connectivity index (χ2n) is 19.1. The molecule has 18 nitrogen and oxygen atoms in total. The third kappa shape index (κ3) is 26.9. The summed E-state index contributed by atoms with van der Waals surface area (Å²) in [4.78, 5) is 36.6. The Kier molecular flexibility index (Phi) is 35.5. The van der Waals surface area contributed by atoms with E-state index in [1.54, 1.807) is 0 Å². The van der Waals surface area contributed by atoms with Crippen molar-refractivity contribution in [2.75, 3.05) is 19.8 Å². The van der Waals surface area contributed by atoms with Crippen molar-refractivity contribution in [2.45, 2.75) is 267 Å². The first kappa shape index (κ1) is 64.2. The van der Waals surface area contributed by atoms with Crippen LogP contribution >= 0.6 is 7.82 Å². The zero-order valence-electron chi connectivity index (χ0n) is 42.3. The van der Waals surface area contributed by atoms with Crippen LogP contribution in [0.5, 0.6) is 0 Å². The molecule has 0 radical (unpaired) electrons. The summed E-state index contributed by atoms with van der Waals surface area (Å²) in [5, 5.41) is 83.0. The van der Waals surface area contributed by atoms with Gasteiger partial charge in [0.1, 0.15) is 67.6 Å². The molecule has 2 rings (SSSR count). The Balaban J connectivity index is 1.93. The number of ether oxygens (including phenoxy) is 4. The number of aliphatic hydroxyl groups excluding tert-OH is 8. The van der Waals surface area contributed by atoms with Crippen LogP contribution in [0.25, 0.3) is 0 Å². The number of hydrogen-bond donors (Lipinski definition) is 9. The Hall–Kier alpha value is -1.87. The van der Waals surface area contributed by atoms with Crippen LogP contribution in [-0.2, 0) is 42.1 Å². The van der Waals surface area contributed by atoms with E-state index in [2.05, 4.69) is 38.2 Å². The monoisotopic (exact) mass is 1020 g/mol. The molecule has 1 heterocycles. The van der Waals surface area contributed by atoms with Crippen molar-refractivity contribution in [3.63, 3.8) is 0 Å². The molecule has 2 aliphatic rings. The molecule has 13 atom stereocenters. The van der Waals surface area contributed by atoms with E-state index in [4.69, 9.17) is 28.0 Å². The quantitative estimate of drug-likeness (QED) is 0.0134. The normalized spacial score (nSPS) is 27.5. The number of phosphoric ester groups is 1. The molecule has 0 amide bonds. The Morgan fingerprint density at radius 2 is 0.943 bits per heavy atom. The highest BCUT2D eigenvalue weighted by Gasteiger charge is 2.55. The summed E-state index contributed by atoms with van der Waals surface area (Å²) < 4.78 is 45.5. The van der Waals surface area contributed by atoms with Crippen LogP contribution in [0.2, 0.25) is 0 Å². The number of unbranched alkanes of at least 4 members (excludes halogenated alkanes) is 22. The molecule has 19 heteroatoms.